The fourth-order valence-electron chi connectivity index (χ4n) is 1.91. The smallest absolute Gasteiger partial charge is 0.226 e. The van der Waals surface area contributed by atoms with Crippen molar-refractivity contribution < 1.29 is 4.74 Å². The number of aromatic nitrogens is 4. The van der Waals surface area contributed by atoms with Crippen LogP contribution in [0.15, 0.2) is 6.33 Å². The van der Waals surface area contributed by atoms with Gasteiger partial charge >= 0.3 is 0 Å². The van der Waals surface area contributed by atoms with Crippen LogP contribution in [0.25, 0.3) is 11.2 Å². The van der Waals surface area contributed by atoms with Gasteiger partial charge in [-0.15, -0.1) is 0 Å². The van der Waals surface area contributed by atoms with Gasteiger partial charge < -0.3 is 14.6 Å². The first kappa shape index (κ1) is 15.0. The van der Waals surface area contributed by atoms with Crippen LogP contribution in [-0.2, 0) is 11.3 Å². The first-order valence-corrected chi connectivity index (χ1v) is 7.10. The van der Waals surface area contributed by atoms with Gasteiger partial charge in [-0.2, -0.15) is 9.97 Å². The van der Waals surface area contributed by atoms with E-state index in [0.29, 0.717) is 24.7 Å². The molecule has 6 nitrogen and oxygen atoms in total. The van der Waals surface area contributed by atoms with E-state index in [-0.39, 0.29) is 5.28 Å². The lowest BCUT2D eigenvalue weighted by atomic mass is 10.1. The van der Waals surface area contributed by atoms with E-state index in [1.807, 2.05) is 4.57 Å². The summed E-state index contributed by atoms with van der Waals surface area (Å²) in [7, 11) is 1.67. The van der Waals surface area contributed by atoms with Crippen LogP contribution in [-0.4, -0.2) is 39.8 Å². The molecule has 2 aromatic heterocycles. The molecule has 0 aliphatic carbocycles. The minimum Gasteiger partial charge on any atom is -0.383 e. The molecule has 1 N–H and O–H groups in total. The van der Waals surface area contributed by atoms with Gasteiger partial charge in [-0.1, -0.05) is 13.8 Å². The number of nitrogens with zero attached hydrogens (tertiary/aromatic N) is 4. The minimum atomic E-state index is 0.210. The molecule has 2 aromatic rings. The van der Waals surface area contributed by atoms with Crippen molar-refractivity contribution in [1.29, 1.82) is 0 Å². The van der Waals surface area contributed by atoms with Crippen LogP contribution in [0.4, 0.5) is 5.82 Å². The molecule has 110 valence electrons. The summed E-state index contributed by atoms with van der Waals surface area (Å²) in [5.74, 6) is 1.36. The molecule has 0 aliphatic rings. The monoisotopic (exact) mass is 297 g/mol. The largest absolute Gasteiger partial charge is 0.383 e. The van der Waals surface area contributed by atoms with E-state index in [2.05, 4.69) is 34.1 Å². The fourth-order valence-corrected chi connectivity index (χ4v) is 2.08. The maximum Gasteiger partial charge on any atom is 0.226 e. The highest BCUT2D eigenvalue weighted by Crippen LogP contribution is 2.21. The summed E-state index contributed by atoms with van der Waals surface area (Å²) in [5.41, 5.74) is 1.48. The summed E-state index contributed by atoms with van der Waals surface area (Å²) < 4.78 is 7.08. The van der Waals surface area contributed by atoms with Crippen molar-refractivity contribution in [3.05, 3.63) is 11.6 Å². The molecule has 0 spiro atoms. The summed E-state index contributed by atoms with van der Waals surface area (Å²) in [4.78, 5) is 12.7. The average Bonchev–Trinajstić information content (AvgIpc) is 2.78. The maximum atomic E-state index is 5.94. The summed E-state index contributed by atoms with van der Waals surface area (Å²) in [6, 6.07) is 0. The Morgan fingerprint density at radius 2 is 2.20 bits per heavy atom. The third-order valence-corrected chi connectivity index (χ3v) is 3.16. The molecule has 20 heavy (non-hydrogen) atoms. The molecule has 2 rings (SSSR count). The van der Waals surface area contributed by atoms with E-state index < -0.39 is 0 Å². The van der Waals surface area contributed by atoms with Crippen LogP contribution in [0.2, 0.25) is 5.28 Å². The number of halogens is 1. The molecule has 0 atom stereocenters. The molecule has 0 aliphatic heterocycles. The third kappa shape index (κ3) is 3.58. The van der Waals surface area contributed by atoms with Gasteiger partial charge in [0.25, 0.3) is 0 Å². The number of hydrogen-bond donors (Lipinski definition) is 1. The minimum absolute atomic E-state index is 0.210. The summed E-state index contributed by atoms with van der Waals surface area (Å²) in [6.07, 6.45) is 2.80. The molecular formula is C13H20ClN5O. The van der Waals surface area contributed by atoms with E-state index in [4.69, 9.17) is 16.3 Å². The van der Waals surface area contributed by atoms with Crippen molar-refractivity contribution in [3.63, 3.8) is 0 Å². The van der Waals surface area contributed by atoms with Gasteiger partial charge in [-0.05, 0) is 23.9 Å². The van der Waals surface area contributed by atoms with Crippen LogP contribution in [0.1, 0.15) is 20.3 Å². The molecule has 0 aromatic carbocycles. The van der Waals surface area contributed by atoms with Gasteiger partial charge in [-0.25, -0.2) is 4.98 Å². The second kappa shape index (κ2) is 6.85. The van der Waals surface area contributed by atoms with Crippen molar-refractivity contribution in [3.8, 4) is 0 Å². The lowest BCUT2D eigenvalue weighted by Crippen LogP contribution is -2.10. The highest BCUT2D eigenvalue weighted by Gasteiger charge is 2.12. The van der Waals surface area contributed by atoms with Crippen molar-refractivity contribution >= 4 is 28.6 Å². The van der Waals surface area contributed by atoms with Gasteiger partial charge in [-0.3, -0.25) is 0 Å². The zero-order chi connectivity index (χ0) is 14.5. The standard InChI is InChI=1S/C13H20ClN5O/c1-9(2)4-5-15-11-10-12(18-13(14)17-11)16-8-19(10)6-7-20-3/h8-9H,4-7H2,1-3H3,(H,15,17,18). The van der Waals surface area contributed by atoms with Crippen LogP contribution in [0.5, 0.6) is 0 Å². The number of nitrogens with one attached hydrogen (secondary N) is 1. The second-order valence-corrected chi connectivity index (χ2v) is 5.39. The molecule has 0 saturated heterocycles. The van der Waals surface area contributed by atoms with E-state index in [1.165, 1.54) is 0 Å². The Morgan fingerprint density at radius 1 is 1.40 bits per heavy atom. The molecular weight excluding hydrogens is 278 g/mol. The third-order valence-electron chi connectivity index (χ3n) is 3.00. The SMILES string of the molecule is COCCn1cnc2nc(Cl)nc(NCCC(C)C)c21. The van der Waals surface area contributed by atoms with Gasteiger partial charge in [0.05, 0.1) is 12.9 Å². The number of fused-ring (bicyclic) bond motifs is 1. The molecule has 0 amide bonds. The van der Waals surface area contributed by atoms with Crippen LogP contribution >= 0.6 is 11.6 Å². The molecule has 7 heteroatoms. The highest BCUT2D eigenvalue weighted by atomic mass is 35.5. The molecule has 0 saturated carbocycles. The Kier molecular flexibility index (Phi) is 5.14. The number of methoxy groups -OCH3 is 1. The van der Waals surface area contributed by atoms with E-state index in [9.17, 15) is 0 Å². The normalized spacial score (nSPS) is 11.4. The number of anilines is 1. The highest BCUT2D eigenvalue weighted by molar-refractivity contribution is 6.28. The molecule has 0 radical (unpaired) electrons. The summed E-state index contributed by atoms with van der Waals surface area (Å²) >= 11 is 5.94. The number of rotatable bonds is 7. The average molecular weight is 298 g/mol. The van der Waals surface area contributed by atoms with Crippen molar-refractivity contribution in [2.45, 2.75) is 26.8 Å². The zero-order valence-corrected chi connectivity index (χ0v) is 12.8. The molecule has 0 unspecified atom stereocenters. The zero-order valence-electron chi connectivity index (χ0n) is 12.1. The van der Waals surface area contributed by atoms with Crippen LogP contribution < -0.4 is 5.32 Å². The van der Waals surface area contributed by atoms with Crippen molar-refractivity contribution in [2.75, 3.05) is 25.6 Å². The first-order chi connectivity index (χ1) is 9.61. The Balaban J connectivity index is 2.27. The van der Waals surface area contributed by atoms with Gasteiger partial charge in [0.15, 0.2) is 11.5 Å². The Bertz CT molecular complexity index is 569. The topological polar surface area (TPSA) is 64.9 Å². The lowest BCUT2D eigenvalue weighted by Gasteiger charge is -2.11. The number of ether oxygens (including phenoxy) is 1. The summed E-state index contributed by atoms with van der Waals surface area (Å²) in [6.45, 7) is 6.53. The van der Waals surface area contributed by atoms with Crippen molar-refractivity contribution in [1.82, 2.24) is 19.5 Å². The second-order valence-electron chi connectivity index (χ2n) is 5.05. The Hall–Kier alpha value is -1.40. The first-order valence-electron chi connectivity index (χ1n) is 6.73. The van der Waals surface area contributed by atoms with E-state index >= 15 is 0 Å². The predicted molar refractivity (Wildman–Crippen MR) is 80.2 cm³/mol. The quantitative estimate of drug-likeness (QED) is 0.796. The van der Waals surface area contributed by atoms with Crippen molar-refractivity contribution in [2.24, 2.45) is 5.92 Å². The maximum absolute atomic E-state index is 5.94. The Morgan fingerprint density at radius 3 is 2.90 bits per heavy atom. The van der Waals surface area contributed by atoms with E-state index in [1.54, 1.807) is 13.4 Å². The van der Waals surface area contributed by atoms with Gasteiger partial charge in [0.2, 0.25) is 5.28 Å². The Labute approximate surface area is 123 Å². The number of hydrogen-bond acceptors (Lipinski definition) is 5. The van der Waals surface area contributed by atoms with Gasteiger partial charge in [0.1, 0.15) is 5.52 Å². The van der Waals surface area contributed by atoms with Gasteiger partial charge in [0, 0.05) is 20.2 Å². The predicted octanol–water partition coefficient (Wildman–Crippen LogP) is 2.58. The fraction of sp³-hybridized carbons (Fsp3) is 0.615. The van der Waals surface area contributed by atoms with Crippen LogP contribution in [0, 0.1) is 5.92 Å². The molecule has 0 fully saturated rings. The molecule has 2 heterocycles. The number of imidazole rings is 1. The van der Waals surface area contributed by atoms with Crippen LogP contribution in [0.3, 0.4) is 0 Å². The summed E-state index contributed by atoms with van der Waals surface area (Å²) in [5, 5.41) is 3.54. The van der Waals surface area contributed by atoms with E-state index in [0.717, 1.165) is 24.3 Å². The molecule has 0 bridgehead atoms. The lowest BCUT2D eigenvalue weighted by molar-refractivity contribution is 0.188.